The second kappa shape index (κ2) is 5.46. The molecule has 0 radical (unpaired) electrons. The van der Waals surface area contributed by atoms with Crippen LogP contribution in [0.1, 0.15) is 73.5 Å². The molecule has 20 heavy (non-hydrogen) atoms. The van der Waals surface area contributed by atoms with E-state index in [0.717, 1.165) is 31.4 Å². The van der Waals surface area contributed by atoms with Gasteiger partial charge in [-0.15, -0.1) is 0 Å². The lowest BCUT2D eigenvalue weighted by molar-refractivity contribution is 0.0713. The zero-order valence-electron chi connectivity index (χ0n) is 12.2. The summed E-state index contributed by atoms with van der Waals surface area (Å²) in [5.41, 5.74) is 8.05. The molecule has 3 N–H and O–H groups in total. The smallest absolute Gasteiger partial charge is 0.276 e. The molecule has 2 fully saturated rings. The second-order valence-electron chi connectivity index (χ2n) is 6.24. The predicted octanol–water partition coefficient (Wildman–Crippen LogP) is 2.66. The minimum atomic E-state index is -0.0300. The number of nitrogens with zero attached hydrogens (tertiary/aromatic N) is 2. The Hall–Kier alpha value is -1.52. The molecule has 110 valence electrons. The van der Waals surface area contributed by atoms with E-state index in [0.29, 0.717) is 23.3 Å². The van der Waals surface area contributed by atoms with Crippen LogP contribution in [0.4, 0.5) is 5.69 Å². The number of amides is 1. The van der Waals surface area contributed by atoms with Gasteiger partial charge in [-0.25, -0.2) is 0 Å². The van der Waals surface area contributed by atoms with Crippen LogP contribution in [0, 0.1) is 0 Å². The molecule has 0 aliphatic heterocycles. The van der Waals surface area contributed by atoms with Gasteiger partial charge >= 0.3 is 0 Å². The molecular weight excluding hydrogens is 252 g/mol. The highest BCUT2D eigenvalue weighted by molar-refractivity contribution is 5.97. The van der Waals surface area contributed by atoms with Crippen molar-refractivity contribution in [3.05, 3.63) is 11.4 Å². The van der Waals surface area contributed by atoms with E-state index < -0.39 is 0 Å². The summed E-state index contributed by atoms with van der Waals surface area (Å²) in [4.78, 5) is 14.5. The van der Waals surface area contributed by atoms with E-state index in [-0.39, 0.29) is 5.91 Å². The molecule has 0 saturated heterocycles. The zero-order valence-corrected chi connectivity index (χ0v) is 12.2. The van der Waals surface area contributed by atoms with Gasteiger partial charge in [0.15, 0.2) is 5.69 Å². The lowest BCUT2D eigenvalue weighted by Gasteiger charge is -2.26. The molecule has 1 aromatic heterocycles. The van der Waals surface area contributed by atoms with Gasteiger partial charge in [-0.3, -0.25) is 9.89 Å². The van der Waals surface area contributed by atoms with E-state index in [1.54, 1.807) is 0 Å². The Morgan fingerprint density at radius 1 is 1.20 bits per heavy atom. The van der Waals surface area contributed by atoms with E-state index in [2.05, 4.69) is 10.2 Å². The van der Waals surface area contributed by atoms with Crippen molar-refractivity contribution in [1.82, 2.24) is 15.1 Å². The van der Waals surface area contributed by atoms with Crippen molar-refractivity contribution in [2.75, 3.05) is 12.8 Å². The Morgan fingerprint density at radius 2 is 1.85 bits per heavy atom. The van der Waals surface area contributed by atoms with Gasteiger partial charge in [-0.05, 0) is 25.7 Å². The molecule has 0 bridgehead atoms. The van der Waals surface area contributed by atoms with E-state index in [1.165, 1.54) is 25.7 Å². The van der Waals surface area contributed by atoms with E-state index in [1.807, 2.05) is 11.9 Å². The van der Waals surface area contributed by atoms with Gasteiger partial charge in [0.25, 0.3) is 5.91 Å². The minimum absolute atomic E-state index is 0.0300. The number of carbonyl (C=O) groups excluding carboxylic acids is 1. The molecule has 3 rings (SSSR count). The highest BCUT2D eigenvalue weighted by atomic mass is 16.2. The van der Waals surface area contributed by atoms with Crippen LogP contribution < -0.4 is 5.73 Å². The number of aromatic amines is 1. The maximum absolute atomic E-state index is 12.6. The molecule has 5 heteroatoms. The Morgan fingerprint density at radius 3 is 2.45 bits per heavy atom. The summed E-state index contributed by atoms with van der Waals surface area (Å²) in [5, 5.41) is 7.14. The largest absolute Gasteiger partial charge is 0.395 e. The molecule has 1 amide bonds. The van der Waals surface area contributed by atoms with Crippen molar-refractivity contribution in [2.45, 2.75) is 63.3 Å². The van der Waals surface area contributed by atoms with Crippen molar-refractivity contribution in [2.24, 2.45) is 0 Å². The number of hydrogen-bond donors (Lipinski definition) is 2. The quantitative estimate of drug-likeness (QED) is 0.833. The number of anilines is 1. The first-order valence-electron chi connectivity index (χ1n) is 7.79. The third-order valence-corrected chi connectivity index (χ3v) is 4.71. The monoisotopic (exact) mass is 276 g/mol. The number of nitrogens with two attached hydrogens (primary N) is 1. The number of carbonyl (C=O) groups is 1. The Kier molecular flexibility index (Phi) is 3.68. The number of aromatic nitrogens is 2. The average molecular weight is 276 g/mol. The molecule has 1 heterocycles. The second-order valence-corrected chi connectivity index (χ2v) is 6.24. The number of H-pyrrole nitrogens is 1. The van der Waals surface area contributed by atoms with Crippen LogP contribution in [0.25, 0.3) is 0 Å². The molecule has 2 aliphatic rings. The van der Waals surface area contributed by atoms with E-state index in [4.69, 9.17) is 5.73 Å². The van der Waals surface area contributed by atoms with Crippen LogP contribution in [-0.4, -0.2) is 34.1 Å². The highest BCUT2D eigenvalue weighted by Gasteiger charge is 2.32. The molecule has 0 atom stereocenters. The van der Waals surface area contributed by atoms with Gasteiger partial charge < -0.3 is 10.6 Å². The first kappa shape index (κ1) is 13.5. The fourth-order valence-corrected chi connectivity index (χ4v) is 3.19. The maximum atomic E-state index is 12.6. The summed E-state index contributed by atoms with van der Waals surface area (Å²) >= 11 is 0. The highest BCUT2D eigenvalue weighted by Crippen LogP contribution is 2.42. The van der Waals surface area contributed by atoms with Gasteiger partial charge in [-0.2, -0.15) is 5.10 Å². The predicted molar refractivity (Wildman–Crippen MR) is 78.6 cm³/mol. The Labute approximate surface area is 119 Å². The minimum Gasteiger partial charge on any atom is -0.395 e. The lowest BCUT2D eigenvalue weighted by Crippen LogP contribution is -2.37. The van der Waals surface area contributed by atoms with Crippen molar-refractivity contribution in [3.8, 4) is 0 Å². The lowest BCUT2D eigenvalue weighted by atomic mass is 10.1. The summed E-state index contributed by atoms with van der Waals surface area (Å²) in [6.45, 7) is 0. The summed E-state index contributed by atoms with van der Waals surface area (Å²) in [6, 6.07) is 0.338. The fourth-order valence-electron chi connectivity index (χ4n) is 3.19. The van der Waals surface area contributed by atoms with Crippen molar-refractivity contribution < 1.29 is 4.79 Å². The van der Waals surface area contributed by atoms with Crippen molar-refractivity contribution in [1.29, 1.82) is 0 Å². The van der Waals surface area contributed by atoms with Crippen LogP contribution in [0.15, 0.2) is 0 Å². The van der Waals surface area contributed by atoms with Crippen LogP contribution in [0.5, 0.6) is 0 Å². The summed E-state index contributed by atoms with van der Waals surface area (Å²) in [7, 11) is 1.89. The molecule has 2 saturated carbocycles. The maximum Gasteiger partial charge on any atom is 0.276 e. The van der Waals surface area contributed by atoms with E-state index in [9.17, 15) is 4.79 Å². The third kappa shape index (κ3) is 2.53. The standard InChI is InChI=1S/C15H24N4O/c1-19(11-6-4-2-3-5-7-11)15(20)14-12(16)13(17-18-14)10-8-9-10/h10-11H,2-9,16H2,1H3,(H,17,18). The molecule has 0 unspecified atom stereocenters. The van der Waals surface area contributed by atoms with Gasteiger partial charge in [0.2, 0.25) is 0 Å². The molecule has 0 spiro atoms. The Balaban J connectivity index is 1.73. The first-order chi connectivity index (χ1) is 9.68. The fraction of sp³-hybridized carbons (Fsp3) is 0.733. The zero-order chi connectivity index (χ0) is 14.1. The number of nitrogens with one attached hydrogen (secondary N) is 1. The SMILES string of the molecule is CN(C(=O)c1n[nH]c(C2CC2)c1N)C1CCCCCC1. The number of rotatable bonds is 3. The number of hydrogen-bond acceptors (Lipinski definition) is 3. The Bertz CT molecular complexity index is 484. The first-order valence-corrected chi connectivity index (χ1v) is 7.79. The summed E-state index contributed by atoms with van der Waals surface area (Å²) < 4.78 is 0. The van der Waals surface area contributed by atoms with Crippen molar-refractivity contribution in [3.63, 3.8) is 0 Å². The van der Waals surface area contributed by atoms with Crippen molar-refractivity contribution >= 4 is 11.6 Å². The molecule has 2 aliphatic carbocycles. The van der Waals surface area contributed by atoms with Gasteiger partial charge in [0.1, 0.15) is 0 Å². The van der Waals surface area contributed by atoms with Crippen LogP contribution in [-0.2, 0) is 0 Å². The average Bonchev–Trinajstić information content (AvgIpc) is 3.25. The molecular formula is C15H24N4O. The number of nitrogen functional groups attached to an aromatic ring is 1. The van der Waals surface area contributed by atoms with Gasteiger partial charge in [0, 0.05) is 19.0 Å². The van der Waals surface area contributed by atoms with Crippen LogP contribution >= 0.6 is 0 Å². The van der Waals surface area contributed by atoms with Gasteiger partial charge in [-0.1, -0.05) is 25.7 Å². The molecule has 1 aromatic rings. The van der Waals surface area contributed by atoms with Crippen LogP contribution in [0.3, 0.4) is 0 Å². The topological polar surface area (TPSA) is 75.0 Å². The normalized spacial score (nSPS) is 20.6. The summed E-state index contributed by atoms with van der Waals surface area (Å²) in [6.07, 6.45) is 9.50. The molecule has 5 nitrogen and oxygen atoms in total. The van der Waals surface area contributed by atoms with E-state index >= 15 is 0 Å². The van der Waals surface area contributed by atoms with Gasteiger partial charge in [0.05, 0.1) is 11.4 Å². The van der Waals surface area contributed by atoms with Crippen LogP contribution in [0.2, 0.25) is 0 Å². The summed E-state index contributed by atoms with van der Waals surface area (Å²) in [5.74, 6) is 0.463. The molecule has 0 aromatic carbocycles. The third-order valence-electron chi connectivity index (χ3n) is 4.71.